The number of amides is 1. The second-order valence-electron chi connectivity index (χ2n) is 6.58. The van der Waals surface area contributed by atoms with Gasteiger partial charge in [0, 0.05) is 11.1 Å². The molecule has 0 aromatic heterocycles. The maximum atomic E-state index is 13.9. The molecule has 2 aromatic rings. The molecule has 148 valence electrons. The second kappa shape index (κ2) is 9.95. The number of methoxy groups -OCH3 is 1. The first kappa shape index (κ1) is 21.5. The lowest BCUT2D eigenvalue weighted by Crippen LogP contribution is -2.28. The average molecular weight is 405 g/mol. The highest BCUT2D eigenvalue weighted by atomic mass is 35.5. The summed E-state index contributed by atoms with van der Waals surface area (Å²) in [6, 6.07) is 9.44. The highest BCUT2D eigenvalue weighted by Gasteiger charge is 2.21. The van der Waals surface area contributed by atoms with Crippen molar-refractivity contribution in [2.24, 2.45) is 5.92 Å². The summed E-state index contributed by atoms with van der Waals surface area (Å²) in [5.74, 6) is -0.0215. The molecular weight excluding hydrogens is 383 g/mol. The van der Waals surface area contributed by atoms with Gasteiger partial charge in [0.1, 0.15) is 11.9 Å². The van der Waals surface area contributed by atoms with Crippen molar-refractivity contribution in [2.45, 2.75) is 26.3 Å². The van der Waals surface area contributed by atoms with Gasteiger partial charge < -0.3 is 14.8 Å². The van der Waals surface area contributed by atoms with Crippen LogP contribution in [0, 0.1) is 23.1 Å². The molecule has 0 heterocycles. The van der Waals surface area contributed by atoms with Crippen molar-refractivity contribution in [2.75, 3.05) is 13.7 Å². The molecule has 1 unspecified atom stereocenters. The summed E-state index contributed by atoms with van der Waals surface area (Å²) < 4.78 is 24.9. The molecule has 0 aliphatic rings. The van der Waals surface area contributed by atoms with E-state index >= 15 is 0 Å². The number of nitriles is 1. The van der Waals surface area contributed by atoms with Gasteiger partial charge in [0.25, 0.3) is 5.91 Å². The predicted octanol–water partition coefficient (Wildman–Crippen LogP) is 4.91. The maximum Gasteiger partial charge on any atom is 0.252 e. The van der Waals surface area contributed by atoms with Gasteiger partial charge in [-0.15, -0.1) is 0 Å². The van der Waals surface area contributed by atoms with Crippen LogP contribution in [0.1, 0.15) is 42.2 Å². The van der Waals surface area contributed by atoms with Crippen molar-refractivity contribution < 1.29 is 18.7 Å². The lowest BCUT2D eigenvalue weighted by atomic mass is 10.1. The molecule has 0 aliphatic heterocycles. The molecule has 1 N–H and O–H groups in total. The van der Waals surface area contributed by atoms with Gasteiger partial charge in [-0.05, 0) is 30.5 Å². The first-order chi connectivity index (χ1) is 13.4. The third-order valence-corrected chi connectivity index (χ3v) is 4.33. The van der Waals surface area contributed by atoms with E-state index in [-0.39, 0.29) is 16.1 Å². The minimum absolute atomic E-state index is 0.0880. The lowest BCUT2D eigenvalue weighted by Gasteiger charge is -2.16. The van der Waals surface area contributed by atoms with Crippen LogP contribution in [0.15, 0.2) is 36.4 Å². The predicted molar refractivity (Wildman–Crippen MR) is 105 cm³/mol. The highest BCUT2D eigenvalue weighted by Crippen LogP contribution is 2.36. The molecule has 2 rings (SSSR count). The zero-order valence-electron chi connectivity index (χ0n) is 16.0. The molecule has 5 nitrogen and oxygen atoms in total. The molecule has 2 aromatic carbocycles. The Kier molecular flexibility index (Phi) is 7.65. The van der Waals surface area contributed by atoms with E-state index in [0.717, 1.165) is 6.42 Å². The van der Waals surface area contributed by atoms with Gasteiger partial charge >= 0.3 is 0 Å². The molecule has 1 atom stereocenters. The number of halogens is 2. The standard InChI is InChI=1S/C21H22ClFN2O3/c1-13(2)8-9-28-20-16(22)10-14(11-19(20)27-3)21(26)25-18(12-24)15-6-4-5-7-17(15)23/h4-7,10-11,13,18H,8-9H2,1-3H3,(H,25,26). The van der Waals surface area contributed by atoms with E-state index in [2.05, 4.69) is 19.2 Å². The van der Waals surface area contributed by atoms with Gasteiger partial charge in [0.05, 0.1) is 24.8 Å². The molecule has 7 heteroatoms. The molecule has 28 heavy (non-hydrogen) atoms. The summed E-state index contributed by atoms with van der Waals surface area (Å²) in [6.45, 7) is 4.62. The number of nitrogens with zero attached hydrogens (tertiary/aromatic N) is 1. The molecule has 0 aliphatic carbocycles. The van der Waals surface area contributed by atoms with Gasteiger partial charge in [-0.3, -0.25) is 4.79 Å². The van der Waals surface area contributed by atoms with Gasteiger partial charge in [-0.25, -0.2) is 4.39 Å². The van der Waals surface area contributed by atoms with Crippen LogP contribution in [0.3, 0.4) is 0 Å². The highest BCUT2D eigenvalue weighted by molar-refractivity contribution is 6.32. The van der Waals surface area contributed by atoms with Crippen molar-refractivity contribution in [1.82, 2.24) is 5.32 Å². The van der Waals surface area contributed by atoms with Crippen LogP contribution in [0.25, 0.3) is 0 Å². The third kappa shape index (κ3) is 5.37. The van der Waals surface area contributed by atoms with E-state index in [1.54, 1.807) is 6.07 Å². The molecule has 0 spiro atoms. The van der Waals surface area contributed by atoms with E-state index in [0.29, 0.717) is 24.0 Å². The third-order valence-electron chi connectivity index (χ3n) is 4.05. The van der Waals surface area contributed by atoms with Crippen LogP contribution in [-0.4, -0.2) is 19.6 Å². The molecule has 1 amide bonds. The van der Waals surface area contributed by atoms with Crippen molar-refractivity contribution >= 4 is 17.5 Å². The van der Waals surface area contributed by atoms with E-state index in [1.165, 1.54) is 37.4 Å². The number of hydrogen-bond donors (Lipinski definition) is 1. The largest absolute Gasteiger partial charge is 0.493 e. The SMILES string of the molecule is COc1cc(C(=O)NC(C#N)c2ccccc2F)cc(Cl)c1OCCC(C)C. The number of carbonyl (C=O) groups is 1. The number of benzene rings is 2. The Morgan fingerprint density at radius 1 is 1.32 bits per heavy atom. The van der Waals surface area contributed by atoms with Crippen LogP contribution in [0.4, 0.5) is 4.39 Å². The topological polar surface area (TPSA) is 71.3 Å². The molecular formula is C21H22ClFN2O3. The van der Waals surface area contributed by atoms with E-state index in [4.69, 9.17) is 21.1 Å². The number of ether oxygens (including phenoxy) is 2. The van der Waals surface area contributed by atoms with Crippen molar-refractivity contribution in [3.63, 3.8) is 0 Å². The molecule has 0 saturated heterocycles. The van der Waals surface area contributed by atoms with E-state index in [1.807, 2.05) is 6.07 Å². The quantitative estimate of drug-likeness (QED) is 0.678. The number of hydrogen-bond acceptors (Lipinski definition) is 4. The fourth-order valence-corrected chi connectivity index (χ4v) is 2.76. The van der Waals surface area contributed by atoms with Gasteiger partial charge in [0.2, 0.25) is 0 Å². The summed E-state index contributed by atoms with van der Waals surface area (Å²) in [6.07, 6.45) is 0.841. The van der Waals surface area contributed by atoms with E-state index < -0.39 is 17.8 Å². The van der Waals surface area contributed by atoms with Gasteiger partial charge in [-0.1, -0.05) is 43.6 Å². The summed E-state index contributed by atoms with van der Waals surface area (Å²) >= 11 is 6.28. The smallest absolute Gasteiger partial charge is 0.252 e. The summed E-state index contributed by atoms with van der Waals surface area (Å²) in [5.41, 5.74) is 0.264. The minimum Gasteiger partial charge on any atom is -0.493 e. The summed E-state index contributed by atoms with van der Waals surface area (Å²) in [7, 11) is 1.44. The minimum atomic E-state index is -1.14. The molecule has 0 fully saturated rings. The van der Waals surface area contributed by atoms with Crippen molar-refractivity contribution in [1.29, 1.82) is 5.26 Å². The summed E-state index contributed by atoms with van der Waals surface area (Å²) in [4.78, 5) is 12.6. The Balaban J connectivity index is 2.22. The van der Waals surface area contributed by atoms with E-state index in [9.17, 15) is 14.4 Å². The Bertz CT molecular complexity index is 880. The zero-order chi connectivity index (χ0) is 20.7. The van der Waals surface area contributed by atoms with Crippen LogP contribution < -0.4 is 14.8 Å². The summed E-state index contributed by atoms with van der Waals surface area (Å²) in [5, 5.41) is 12.1. The number of nitrogens with one attached hydrogen (secondary N) is 1. The first-order valence-electron chi connectivity index (χ1n) is 8.82. The second-order valence-corrected chi connectivity index (χ2v) is 6.98. The lowest BCUT2D eigenvalue weighted by molar-refractivity contribution is 0.0944. The van der Waals surface area contributed by atoms with Crippen LogP contribution in [-0.2, 0) is 0 Å². The van der Waals surface area contributed by atoms with Crippen LogP contribution in [0.5, 0.6) is 11.5 Å². The Morgan fingerprint density at radius 3 is 2.64 bits per heavy atom. The average Bonchev–Trinajstić information content (AvgIpc) is 2.67. The van der Waals surface area contributed by atoms with Crippen molar-refractivity contribution in [3.8, 4) is 17.6 Å². The molecule has 0 saturated carbocycles. The van der Waals surface area contributed by atoms with Gasteiger partial charge in [0.15, 0.2) is 11.5 Å². The number of carbonyl (C=O) groups excluding carboxylic acids is 1. The molecule has 0 radical (unpaired) electrons. The Morgan fingerprint density at radius 2 is 2.04 bits per heavy atom. The molecule has 0 bridgehead atoms. The Hall–Kier alpha value is -2.78. The van der Waals surface area contributed by atoms with Crippen molar-refractivity contribution in [3.05, 3.63) is 58.4 Å². The fourth-order valence-electron chi connectivity index (χ4n) is 2.49. The van der Waals surface area contributed by atoms with Crippen LogP contribution >= 0.6 is 11.6 Å². The van der Waals surface area contributed by atoms with Gasteiger partial charge in [-0.2, -0.15) is 5.26 Å². The Labute approximate surface area is 169 Å². The number of rotatable bonds is 8. The van der Waals surface area contributed by atoms with Crippen LogP contribution in [0.2, 0.25) is 5.02 Å². The fraction of sp³-hybridized carbons (Fsp3) is 0.333. The first-order valence-corrected chi connectivity index (χ1v) is 9.20. The monoisotopic (exact) mass is 404 g/mol. The normalized spacial score (nSPS) is 11.6. The maximum absolute atomic E-state index is 13.9. The zero-order valence-corrected chi connectivity index (χ0v) is 16.7.